The first kappa shape index (κ1) is 13.6. The van der Waals surface area contributed by atoms with Gasteiger partial charge in [0.05, 0.1) is 5.56 Å². The molecule has 0 spiro atoms. The highest BCUT2D eigenvalue weighted by Gasteiger charge is 2.15. The Labute approximate surface area is 124 Å². The molecule has 21 heavy (non-hydrogen) atoms. The van der Waals surface area contributed by atoms with Gasteiger partial charge >= 0.3 is 0 Å². The van der Waals surface area contributed by atoms with Crippen molar-refractivity contribution in [3.8, 4) is 28.6 Å². The Hall–Kier alpha value is -2.40. The fourth-order valence-electron chi connectivity index (χ4n) is 2.01. The second-order valence-electron chi connectivity index (χ2n) is 4.54. The predicted octanol–water partition coefficient (Wildman–Crippen LogP) is 4.21. The van der Waals surface area contributed by atoms with Crippen molar-refractivity contribution in [2.45, 2.75) is 6.92 Å². The monoisotopic (exact) mass is 304 g/mol. The van der Waals surface area contributed by atoms with Gasteiger partial charge in [0.25, 0.3) is 5.89 Å². The van der Waals surface area contributed by atoms with Crippen LogP contribution in [0.15, 0.2) is 40.9 Å². The van der Waals surface area contributed by atoms with E-state index in [0.717, 1.165) is 0 Å². The van der Waals surface area contributed by atoms with Crippen molar-refractivity contribution < 1.29 is 14.0 Å². The summed E-state index contributed by atoms with van der Waals surface area (Å²) in [5.74, 6) is 0.128. The second kappa shape index (κ2) is 5.18. The summed E-state index contributed by atoms with van der Waals surface area (Å²) in [6, 6.07) is 8.91. The first-order valence-electron chi connectivity index (χ1n) is 6.14. The van der Waals surface area contributed by atoms with Gasteiger partial charge in [-0.05, 0) is 48.9 Å². The number of hydrogen-bond donors (Lipinski definition) is 1. The summed E-state index contributed by atoms with van der Waals surface area (Å²) < 4.78 is 18.3. The van der Waals surface area contributed by atoms with Gasteiger partial charge in [0.15, 0.2) is 0 Å². The summed E-state index contributed by atoms with van der Waals surface area (Å²) in [6.45, 7) is 1.76. The molecule has 0 radical (unpaired) electrons. The van der Waals surface area contributed by atoms with E-state index in [4.69, 9.17) is 16.1 Å². The SMILES string of the molecule is Cc1cc(F)ccc1-c1noc(-c2ccc(Cl)cc2O)n1. The number of hydrogen-bond acceptors (Lipinski definition) is 4. The molecule has 1 heterocycles. The van der Waals surface area contributed by atoms with Crippen LogP contribution in [0.1, 0.15) is 5.56 Å². The van der Waals surface area contributed by atoms with E-state index in [0.29, 0.717) is 27.5 Å². The predicted molar refractivity (Wildman–Crippen MR) is 76.5 cm³/mol. The van der Waals surface area contributed by atoms with E-state index in [-0.39, 0.29) is 17.5 Å². The summed E-state index contributed by atoms with van der Waals surface area (Å²) in [6.07, 6.45) is 0. The van der Waals surface area contributed by atoms with Crippen LogP contribution in [-0.2, 0) is 0 Å². The molecule has 6 heteroatoms. The van der Waals surface area contributed by atoms with Gasteiger partial charge < -0.3 is 9.63 Å². The van der Waals surface area contributed by atoms with Gasteiger partial charge in [0.1, 0.15) is 11.6 Å². The van der Waals surface area contributed by atoms with Crippen LogP contribution in [0.4, 0.5) is 4.39 Å². The van der Waals surface area contributed by atoms with Crippen LogP contribution in [0, 0.1) is 12.7 Å². The van der Waals surface area contributed by atoms with Gasteiger partial charge in [-0.3, -0.25) is 0 Å². The molecule has 0 aliphatic heterocycles. The Bertz CT molecular complexity index is 751. The average Bonchev–Trinajstić information content (AvgIpc) is 2.87. The Morgan fingerprint density at radius 1 is 1.14 bits per heavy atom. The second-order valence-corrected chi connectivity index (χ2v) is 4.98. The van der Waals surface area contributed by atoms with E-state index < -0.39 is 0 Å². The Morgan fingerprint density at radius 3 is 2.62 bits per heavy atom. The lowest BCUT2D eigenvalue weighted by molar-refractivity contribution is 0.425. The van der Waals surface area contributed by atoms with Crippen molar-refractivity contribution in [1.29, 1.82) is 0 Å². The lowest BCUT2D eigenvalue weighted by atomic mass is 10.1. The van der Waals surface area contributed by atoms with Gasteiger partial charge in [0.2, 0.25) is 5.82 Å². The highest BCUT2D eigenvalue weighted by molar-refractivity contribution is 6.30. The maximum Gasteiger partial charge on any atom is 0.261 e. The van der Waals surface area contributed by atoms with Gasteiger partial charge in [-0.15, -0.1) is 0 Å². The number of aromatic nitrogens is 2. The third kappa shape index (κ3) is 2.60. The van der Waals surface area contributed by atoms with Crippen LogP contribution in [-0.4, -0.2) is 15.2 Å². The number of benzene rings is 2. The number of aromatic hydroxyl groups is 1. The van der Waals surface area contributed by atoms with E-state index in [9.17, 15) is 9.50 Å². The molecule has 1 aromatic heterocycles. The number of halogens is 2. The number of phenolic OH excluding ortho intramolecular Hbond substituents is 1. The molecular formula is C15H10ClFN2O2. The minimum Gasteiger partial charge on any atom is -0.507 e. The molecule has 0 bridgehead atoms. The Morgan fingerprint density at radius 2 is 1.90 bits per heavy atom. The average molecular weight is 305 g/mol. The first-order valence-corrected chi connectivity index (χ1v) is 6.51. The molecule has 0 fully saturated rings. The van der Waals surface area contributed by atoms with E-state index >= 15 is 0 Å². The van der Waals surface area contributed by atoms with Gasteiger partial charge in [0, 0.05) is 10.6 Å². The lowest BCUT2D eigenvalue weighted by Gasteiger charge is -2.00. The first-order chi connectivity index (χ1) is 10.0. The van der Waals surface area contributed by atoms with Crippen LogP contribution >= 0.6 is 11.6 Å². The van der Waals surface area contributed by atoms with E-state index in [2.05, 4.69) is 10.1 Å². The maximum absolute atomic E-state index is 13.1. The van der Waals surface area contributed by atoms with Crippen molar-refractivity contribution in [3.05, 3.63) is 52.8 Å². The molecule has 3 aromatic rings. The highest BCUT2D eigenvalue weighted by atomic mass is 35.5. The van der Waals surface area contributed by atoms with E-state index in [1.54, 1.807) is 25.1 Å². The molecule has 0 aliphatic carbocycles. The van der Waals surface area contributed by atoms with Crippen molar-refractivity contribution >= 4 is 11.6 Å². The van der Waals surface area contributed by atoms with Crippen LogP contribution in [0.5, 0.6) is 5.75 Å². The summed E-state index contributed by atoms with van der Waals surface area (Å²) in [4.78, 5) is 4.23. The minimum absolute atomic E-state index is 0.0477. The zero-order valence-electron chi connectivity index (χ0n) is 11.0. The summed E-state index contributed by atoms with van der Waals surface area (Å²) in [5.41, 5.74) is 1.75. The van der Waals surface area contributed by atoms with Crippen LogP contribution in [0.3, 0.4) is 0 Å². The fraction of sp³-hybridized carbons (Fsp3) is 0.0667. The molecule has 0 saturated heterocycles. The zero-order valence-corrected chi connectivity index (χ0v) is 11.7. The van der Waals surface area contributed by atoms with Gasteiger partial charge in [-0.2, -0.15) is 4.98 Å². The zero-order chi connectivity index (χ0) is 15.0. The molecule has 0 saturated carbocycles. The lowest BCUT2D eigenvalue weighted by Crippen LogP contribution is -1.87. The summed E-state index contributed by atoms with van der Waals surface area (Å²) >= 11 is 5.78. The van der Waals surface area contributed by atoms with Crippen molar-refractivity contribution in [3.63, 3.8) is 0 Å². The molecule has 1 N–H and O–H groups in total. The Kier molecular flexibility index (Phi) is 3.35. The van der Waals surface area contributed by atoms with E-state index in [1.807, 2.05) is 0 Å². The van der Waals surface area contributed by atoms with E-state index in [1.165, 1.54) is 18.2 Å². The number of nitrogens with zero attached hydrogens (tertiary/aromatic N) is 2. The topological polar surface area (TPSA) is 59.2 Å². The third-order valence-electron chi connectivity index (χ3n) is 3.05. The van der Waals surface area contributed by atoms with Crippen molar-refractivity contribution in [2.24, 2.45) is 0 Å². The third-order valence-corrected chi connectivity index (χ3v) is 3.28. The quantitative estimate of drug-likeness (QED) is 0.770. The molecule has 3 rings (SSSR count). The number of aryl methyl sites for hydroxylation is 1. The normalized spacial score (nSPS) is 10.8. The molecule has 4 nitrogen and oxygen atoms in total. The largest absolute Gasteiger partial charge is 0.507 e. The van der Waals surface area contributed by atoms with Crippen molar-refractivity contribution in [2.75, 3.05) is 0 Å². The van der Waals surface area contributed by atoms with Crippen LogP contribution in [0.2, 0.25) is 5.02 Å². The molecule has 106 valence electrons. The molecule has 0 atom stereocenters. The Balaban J connectivity index is 2.03. The number of rotatable bonds is 2. The molecule has 2 aromatic carbocycles. The van der Waals surface area contributed by atoms with Crippen LogP contribution < -0.4 is 0 Å². The van der Waals surface area contributed by atoms with Crippen LogP contribution in [0.25, 0.3) is 22.8 Å². The summed E-state index contributed by atoms with van der Waals surface area (Å²) in [5, 5.41) is 14.1. The standard InChI is InChI=1S/C15H10ClFN2O2/c1-8-6-10(17)3-5-11(8)14-18-15(21-19-14)12-4-2-9(16)7-13(12)20/h2-7,20H,1H3. The molecule has 0 aliphatic rings. The van der Waals surface area contributed by atoms with Crippen molar-refractivity contribution in [1.82, 2.24) is 10.1 Å². The highest BCUT2D eigenvalue weighted by Crippen LogP contribution is 2.32. The maximum atomic E-state index is 13.1. The van der Waals surface area contributed by atoms with Gasteiger partial charge in [-0.25, -0.2) is 4.39 Å². The summed E-state index contributed by atoms with van der Waals surface area (Å²) in [7, 11) is 0. The fourth-order valence-corrected chi connectivity index (χ4v) is 2.17. The molecular weight excluding hydrogens is 295 g/mol. The molecule has 0 unspecified atom stereocenters. The molecule has 0 amide bonds. The smallest absolute Gasteiger partial charge is 0.261 e. The minimum atomic E-state index is -0.324. The van der Waals surface area contributed by atoms with Gasteiger partial charge in [-0.1, -0.05) is 16.8 Å². The number of phenols is 1.